The molecule has 0 amide bonds. The van der Waals surface area contributed by atoms with E-state index in [1.54, 1.807) is 14.0 Å². The predicted octanol–water partition coefficient (Wildman–Crippen LogP) is 1.20. The lowest BCUT2D eigenvalue weighted by atomic mass is 9.94. The molecule has 0 bridgehead atoms. The zero-order valence-electron chi connectivity index (χ0n) is 9.63. The highest BCUT2D eigenvalue weighted by atomic mass is 16.5. The summed E-state index contributed by atoms with van der Waals surface area (Å²) in [5, 5.41) is 9.58. The van der Waals surface area contributed by atoms with E-state index >= 15 is 0 Å². The van der Waals surface area contributed by atoms with Gasteiger partial charge in [0.25, 0.3) is 6.47 Å². The topological polar surface area (TPSA) is 55.8 Å². The summed E-state index contributed by atoms with van der Waals surface area (Å²) in [5.74, 6) is 0. The quantitative estimate of drug-likeness (QED) is 0.716. The highest BCUT2D eigenvalue weighted by molar-refractivity contribution is 5.38. The first-order chi connectivity index (χ1) is 7.67. The third kappa shape index (κ3) is 3.79. The van der Waals surface area contributed by atoms with Crippen LogP contribution >= 0.6 is 0 Å². The number of hydrogen-bond donors (Lipinski definition) is 1. The molecule has 90 valence electrons. The van der Waals surface area contributed by atoms with E-state index in [2.05, 4.69) is 0 Å². The lowest BCUT2D eigenvalue weighted by molar-refractivity contribution is -0.130. The van der Waals surface area contributed by atoms with Crippen molar-refractivity contribution in [3.05, 3.63) is 23.8 Å². The van der Waals surface area contributed by atoms with Crippen molar-refractivity contribution in [3.8, 4) is 0 Å². The van der Waals surface area contributed by atoms with Gasteiger partial charge in [-0.25, -0.2) is 0 Å². The van der Waals surface area contributed by atoms with Gasteiger partial charge in [-0.15, -0.1) is 0 Å². The van der Waals surface area contributed by atoms with Crippen LogP contribution in [-0.2, 0) is 14.3 Å². The van der Waals surface area contributed by atoms with Gasteiger partial charge in [0.15, 0.2) is 0 Å². The second-order valence-corrected chi connectivity index (χ2v) is 3.84. The molecule has 0 radical (unpaired) electrons. The molecule has 3 unspecified atom stereocenters. The Bertz CT molecular complexity index is 283. The van der Waals surface area contributed by atoms with Crippen LogP contribution in [0.1, 0.15) is 19.8 Å². The Kier molecular flexibility index (Phi) is 5.22. The number of aliphatic hydroxyl groups is 1. The first-order valence-corrected chi connectivity index (χ1v) is 5.36. The van der Waals surface area contributed by atoms with Gasteiger partial charge in [-0.2, -0.15) is 0 Å². The molecule has 0 aromatic carbocycles. The average Bonchev–Trinajstić information content (AvgIpc) is 2.28. The van der Waals surface area contributed by atoms with E-state index in [1.807, 2.05) is 18.2 Å². The molecule has 1 rings (SSSR count). The number of carbonyl (C=O) groups excluding carboxylic acids is 1. The summed E-state index contributed by atoms with van der Waals surface area (Å²) in [6, 6.07) is 0. The molecule has 0 spiro atoms. The number of allylic oxidation sites excluding steroid dienone is 2. The third-order valence-electron chi connectivity index (χ3n) is 2.61. The van der Waals surface area contributed by atoms with Gasteiger partial charge in [0.2, 0.25) is 0 Å². The van der Waals surface area contributed by atoms with Gasteiger partial charge in [-0.1, -0.05) is 12.2 Å². The van der Waals surface area contributed by atoms with E-state index in [1.165, 1.54) is 0 Å². The van der Waals surface area contributed by atoms with Gasteiger partial charge in [0, 0.05) is 7.11 Å². The molecule has 1 N–H and O–H groups in total. The van der Waals surface area contributed by atoms with E-state index < -0.39 is 6.10 Å². The summed E-state index contributed by atoms with van der Waals surface area (Å²) < 4.78 is 9.87. The van der Waals surface area contributed by atoms with Crippen LogP contribution in [0.3, 0.4) is 0 Å². The molecule has 0 aromatic heterocycles. The second kappa shape index (κ2) is 6.45. The largest absolute Gasteiger partial charge is 0.461 e. The van der Waals surface area contributed by atoms with Crippen molar-refractivity contribution >= 4 is 6.47 Å². The molecule has 4 heteroatoms. The fourth-order valence-corrected chi connectivity index (χ4v) is 1.64. The maximum absolute atomic E-state index is 10.1. The van der Waals surface area contributed by atoms with Crippen molar-refractivity contribution in [2.45, 2.75) is 38.1 Å². The van der Waals surface area contributed by atoms with E-state index in [0.29, 0.717) is 12.9 Å². The molecule has 0 aromatic rings. The van der Waals surface area contributed by atoms with Crippen LogP contribution in [0.25, 0.3) is 0 Å². The summed E-state index contributed by atoms with van der Waals surface area (Å²) >= 11 is 0. The van der Waals surface area contributed by atoms with E-state index in [-0.39, 0.29) is 12.2 Å². The van der Waals surface area contributed by atoms with Gasteiger partial charge in [-0.3, -0.25) is 4.79 Å². The highest BCUT2D eigenvalue weighted by Gasteiger charge is 2.21. The summed E-state index contributed by atoms with van der Waals surface area (Å²) in [5.41, 5.74) is 1.10. The summed E-state index contributed by atoms with van der Waals surface area (Å²) in [6.07, 6.45) is 6.23. The molecule has 16 heavy (non-hydrogen) atoms. The Morgan fingerprint density at radius 1 is 1.62 bits per heavy atom. The Balaban J connectivity index is 2.57. The van der Waals surface area contributed by atoms with Crippen molar-refractivity contribution in [3.63, 3.8) is 0 Å². The van der Waals surface area contributed by atoms with Gasteiger partial charge >= 0.3 is 0 Å². The fraction of sp³-hybridized carbons (Fsp3) is 0.583. The van der Waals surface area contributed by atoms with Crippen molar-refractivity contribution in [2.24, 2.45) is 0 Å². The zero-order valence-corrected chi connectivity index (χ0v) is 9.63. The number of methoxy groups -OCH3 is 1. The van der Waals surface area contributed by atoms with Crippen LogP contribution in [0.2, 0.25) is 0 Å². The molecular weight excluding hydrogens is 208 g/mol. The van der Waals surface area contributed by atoms with Crippen molar-refractivity contribution in [1.82, 2.24) is 0 Å². The third-order valence-corrected chi connectivity index (χ3v) is 2.61. The minimum absolute atomic E-state index is 0.230. The summed E-state index contributed by atoms with van der Waals surface area (Å²) in [6.45, 7) is 2.23. The number of carbonyl (C=O) groups is 1. The standard InChI is InChI=1S/C12H18O4/c1-9(16-8-13)3-4-10-5-6-11(14)12(7-10)15-2/h3-4,7-9,11-12,14H,5-6H2,1-2H3/b4-3+. The Labute approximate surface area is 95.6 Å². The monoisotopic (exact) mass is 226 g/mol. The smallest absolute Gasteiger partial charge is 0.293 e. The SMILES string of the molecule is COC1C=C(/C=C/C(C)OC=O)CCC1O. The minimum atomic E-state index is -0.425. The lowest BCUT2D eigenvalue weighted by Gasteiger charge is -2.24. The van der Waals surface area contributed by atoms with Crippen LogP contribution < -0.4 is 0 Å². The van der Waals surface area contributed by atoms with Crippen LogP contribution in [0.15, 0.2) is 23.8 Å². The molecular formula is C12H18O4. The first kappa shape index (κ1) is 12.9. The lowest BCUT2D eigenvalue weighted by Crippen LogP contribution is -2.29. The Morgan fingerprint density at radius 3 is 3.00 bits per heavy atom. The van der Waals surface area contributed by atoms with Crippen LogP contribution in [0.4, 0.5) is 0 Å². The molecule has 0 heterocycles. The van der Waals surface area contributed by atoms with Crippen molar-refractivity contribution < 1.29 is 19.4 Å². The number of aliphatic hydroxyl groups excluding tert-OH is 1. The molecule has 0 saturated carbocycles. The molecule has 1 aliphatic carbocycles. The van der Waals surface area contributed by atoms with Gasteiger partial charge < -0.3 is 14.6 Å². The molecule has 0 fully saturated rings. The van der Waals surface area contributed by atoms with E-state index in [0.717, 1.165) is 12.0 Å². The maximum Gasteiger partial charge on any atom is 0.293 e. The summed E-state index contributed by atoms with van der Waals surface area (Å²) in [7, 11) is 1.58. The molecule has 1 aliphatic rings. The predicted molar refractivity (Wildman–Crippen MR) is 59.9 cm³/mol. The van der Waals surface area contributed by atoms with Gasteiger partial charge in [-0.05, 0) is 31.4 Å². The minimum Gasteiger partial charge on any atom is -0.461 e. The Morgan fingerprint density at radius 2 is 2.38 bits per heavy atom. The summed E-state index contributed by atoms with van der Waals surface area (Å²) in [4.78, 5) is 10.1. The van der Waals surface area contributed by atoms with Crippen LogP contribution in [0.5, 0.6) is 0 Å². The number of ether oxygens (including phenoxy) is 2. The molecule has 4 nitrogen and oxygen atoms in total. The normalized spacial score (nSPS) is 27.6. The molecule has 3 atom stereocenters. The van der Waals surface area contributed by atoms with Gasteiger partial charge in [0.05, 0.1) is 6.10 Å². The molecule has 0 aliphatic heterocycles. The highest BCUT2D eigenvalue weighted by Crippen LogP contribution is 2.21. The molecule has 0 saturated heterocycles. The second-order valence-electron chi connectivity index (χ2n) is 3.84. The Hall–Kier alpha value is -1.13. The van der Waals surface area contributed by atoms with E-state index in [9.17, 15) is 9.90 Å². The number of rotatable bonds is 5. The van der Waals surface area contributed by atoms with Crippen LogP contribution in [0, 0.1) is 0 Å². The van der Waals surface area contributed by atoms with Crippen molar-refractivity contribution in [2.75, 3.05) is 7.11 Å². The van der Waals surface area contributed by atoms with Crippen LogP contribution in [-0.4, -0.2) is 37.0 Å². The van der Waals surface area contributed by atoms with Crippen molar-refractivity contribution in [1.29, 1.82) is 0 Å². The first-order valence-electron chi connectivity index (χ1n) is 5.36. The van der Waals surface area contributed by atoms with E-state index in [4.69, 9.17) is 9.47 Å². The number of hydrogen-bond acceptors (Lipinski definition) is 4. The zero-order chi connectivity index (χ0) is 12.0. The fourth-order valence-electron chi connectivity index (χ4n) is 1.64. The average molecular weight is 226 g/mol. The maximum atomic E-state index is 10.1. The van der Waals surface area contributed by atoms with Gasteiger partial charge in [0.1, 0.15) is 12.2 Å².